The molecule has 1 unspecified atom stereocenters. The molecule has 2 aromatic rings. The van der Waals surface area contributed by atoms with Crippen LogP contribution in [0.4, 0.5) is 0 Å². The maximum Gasteiger partial charge on any atom is 0.251 e. The number of rotatable bonds is 5. The highest BCUT2D eigenvalue weighted by Gasteiger charge is 2.16. The van der Waals surface area contributed by atoms with Gasteiger partial charge in [0, 0.05) is 11.1 Å². The minimum atomic E-state index is -0.196. The van der Waals surface area contributed by atoms with E-state index in [1.54, 1.807) is 14.2 Å². The van der Waals surface area contributed by atoms with Crippen molar-refractivity contribution in [1.29, 1.82) is 0 Å². The lowest BCUT2D eigenvalue weighted by Crippen LogP contribution is -2.26. The van der Waals surface area contributed by atoms with Gasteiger partial charge in [-0.1, -0.05) is 17.7 Å². The number of ether oxygens (including phenoxy) is 2. The van der Waals surface area contributed by atoms with E-state index in [0.717, 1.165) is 22.6 Å². The van der Waals surface area contributed by atoms with Crippen molar-refractivity contribution < 1.29 is 14.3 Å². The summed E-state index contributed by atoms with van der Waals surface area (Å²) >= 11 is 0. The molecule has 0 aliphatic heterocycles. The van der Waals surface area contributed by atoms with E-state index in [9.17, 15) is 4.79 Å². The van der Waals surface area contributed by atoms with Crippen molar-refractivity contribution >= 4 is 5.91 Å². The van der Waals surface area contributed by atoms with E-state index < -0.39 is 0 Å². The smallest absolute Gasteiger partial charge is 0.251 e. The van der Waals surface area contributed by atoms with Crippen LogP contribution in [-0.4, -0.2) is 20.1 Å². The Morgan fingerprint density at radius 2 is 1.73 bits per heavy atom. The van der Waals surface area contributed by atoms with E-state index in [1.165, 1.54) is 0 Å². The monoisotopic (exact) mass is 299 g/mol. The molecule has 0 radical (unpaired) electrons. The number of methoxy groups -OCH3 is 2. The molecule has 22 heavy (non-hydrogen) atoms. The normalized spacial score (nSPS) is 11.6. The van der Waals surface area contributed by atoms with Crippen LogP contribution in [-0.2, 0) is 0 Å². The third kappa shape index (κ3) is 3.58. The molecule has 0 saturated carbocycles. The van der Waals surface area contributed by atoms with Crippen molar-refractivity contribution in [2.75, 3.05) is 14.2 Å². The highest BCUT2D eigenvalue weighted by molar-refractivity contribution is 5.94. The van der Waals surface area contributed by atoms with Crippen LogP contribution in [0.15, 0.2) is 42.5 Å². The second kappa shape index (κ2) is 6.98. The molecule has 1 amide bonds. The molecule has 1 N–H and O–H groups in total. The predicted octanol–water partition coefficient (Wildman–Crippen LogP) is 3.50. The summed E-state index contributed by atoms with van der Waals surface area (Å²) < 4.78 is 10.6. The highest BCUT2D eigenvalue weighted by Crippen LogP contribution is 2.29. The fraction of sp³-hybridized carbons (Fsp3) is 0.278. The van der Waals surface area contributed by atoms with Crippen LogP contribution in [0.2, 0.25) is 0 Å². The van der Waals surface area contributed by atoms with Crippen molar-refractivity contribution in [2.24, 2.45) is 0 Å². The second-order valence-electron chi connectivity index (χ2n) is 5.17. The van der Waals surface area contributed by atoms with Crippen LogP contribution in [0, 0.1) is 6.92 Å². The van der Waals surface area contributed by atoms with E-state index in [0.29, 0.717) is 5.56 Å². The lowest BCUT2D eigenvalue weighted by atomic mass is 10.1. The number of aryl methyl sites for hydroxylation is 1. The van der Waals surface area contributed by atoms with Gasteiger partial charge in [0.15, 0.2) is 0 Å². The minimum absolute atomic E-state index is 0.114. The summed E-state index contributed by atoms with van der Waals surface area (Å²) in [7, 11) is 3.22. The summed E-state index contributed by atoms with van der Waals surface area (Å²) in [4.78, 5) is 12.3. The van der Waals surface area contributed by atoms with E-state index in [2.05, 4.69) is 5.32 Å². The number of amides is 1. The van der Waals surface area contributed by atoms with E-state index in [-0.39, 0.29) is 11.9 Å². The van der Waals surface area contributed by atoms with Crippen LogP contribution >= 0.6 is 0 Å². The first-order valence-corrected chi connectivity index (χ1v) is 7.14. The number of hydrogen-bond donors (Lipinski definition) is 1. The topological polar surface area (TPSA) is 47.6 Å². The van der Waals surface area contributed by atoms with Gasteiger partial charge in [0.05, 0.1) is 20.3 Å². The number of benzene rings is 2. The Morgan fingerprint density at radius 1 is 1.05 bits per heavy atom. The maximum atomic E-state index is 12.3. The molecule has 0 saturated heterocycles. The molecular formula is C18H21NO3. The Bertz CT molecular complexity index is 650. The van der Waals surface area contributed by atoms with Crippen LogP contribution in [0.1, 0.15) is 34.5 Å². The van der Waals surface area contributed by atoms with E-state index >= 15 is 0 Å². The Labute approximate surface area is 131 Å². The van der Waals surface area contributed by atoms with Gasteiger partial charge in [-0.15, -0.1) is 0 Å². The van der Waals surface area contributed by atoms with Crippen LogP contribution < -0.4 is 14.8 Å². The fourth-order valence-electron chi connectivity index (χ4n) is 2.24. The molecule has 0 aliphatic rings. The van der Waals surface area contributed by atoms with Gasteiger partial charge in [0.25, 0.3) is 5.91 Å². The molecular weight excluding hydrogens is 278 g/mol. The largest absolute Gasteiger partial charge is 0.497 e. The van der Waals surface area contributed by atoms with Crippen LogP contribution in [0.25, 0.3) is 0 Å². The highest BCUT2D eigenvalue weighted by atomic mass is 16.5. The number of carbonyl (C=O) groups is 1. The molecule has 0 aliphatic carbocycles. The molecule has 4 nitrogen and oxygen atoms in total. The molecule has 0 fully saturated rings. The van der Waals surface area contributed by atoms with Gasteiger partial charge in [-0.05, 0) is 44.2 Å². The lowest BCUT2D eigenvalue weighted by molar-refractivity contribution is 0.0939. The van der Waals surface area contributed by atoms with Gasteiger partial charge in [0.2, 0.25) is 0 Å². The maximum absolute atomic E-state index is 12.3. The van der Waals surface area contributed by atoms with Gasteiger partial charge in [-0.3, -0.25) is 4.79 Å². The Morgan fingerprint density at radius 3 is 2.32 bits per heavy atom. The summed E-state index contributed by atoms with van der Waals surface area (Å²) in [6.45, 7) is 3.91. The zero-order chi connectivity index (χ0) is 16.1. The van der Waals surface area contributed by atoms with Crippen molar-refractivity contribution in [3.63, 3.8) is 0 Å². The average molecular weight is 299 g/mol. The summed E-state index contributed by atoms with van der Waals surface area (Å²) in [5.41, 5.74) is 2.64. The molecule has 0 spiro atoms. The number of nitrogens with one attached hydrogen (secondary N) is 1. The molecule has 116 valence electrons. The zero-order valence-electron chi connectivity index (χ0n) is 13.3. The quantitative estimate of drug-likeness (QED) is 0.919. The molecule has 0 bridgehead atoms. The summed E-state index contributed by atoms with van der Waals surface area (Å²) in [6.07, 6.45) is 0. The third-order valence-corrected chi connectivity index (χ3v) is 3.56. The molecule has 0 aromatic heterocycles. The standard InChI is InChI=1S/C18H21NO3/c1-12-5-7-14(8-6-12)18(20)19-13(2)16-11-15(21-3)9-10-17(16)22-4/h5-11,13H,1-4H3,(H,19,20). The predicted molar refractivity (Wildman–Crippen MR) is 86.6 cm³/mol. The summed E-state index contributed by atoms with van der Waals surface area (Å²) in [6, 6.07) is 12.8. The van der Waals surface area contributed by atoms with Crippen molar-refractivity contribution in [2.45, 2.75) is 19.9 Å². The first-order chi connectivity index (χ1) is 10.5. The number of carbonyl (C=O) groups excluding carboxylic acids is 1. The van der Waals surface area contributed by atoms with Gasteiger partial charge in [-0.25, -0.2) is 0 Å². The Balaban J connectivity index is 2.19. The van der Waals surface area contributed by atoms with Crippen LogP contribution in [0.3, 0.4) is 0 Å². The third-order valence-electron chi connectivity index (χ3n) is 3.56. The molecule has 0 heterocycles. The molecule has 2 aromatic carbocycles. The zero-order valence-corrected chi connectivity index (χ0v) is 13.3. The number of hydrogen-bond acceptors (Lipinski definition) is 3. The van der Waals surface area contributed by atoms with Crippen LogP contribution in [0.5, 0.6) is 11.5 Å². The van der Waals surface area contributed by atoms with E-state index in [1.807, 2.05) is 56.3 Å². The van der Waals surface area contributed by atoms with Crippen molar-refractivity contribution in [3.8, 4) is 11.5 Å². The second-order valence-corrected chi connectivity index (χ2v) is 5.17. The average Bonchev–Trinajstić information content (AvgIpc) is 2.54. The lowest BCUT2D eigenvalue weighted by Gasteiger charge is -2.18. The Hall–Kier alpha value is -2.49. The Kier molecular flexibility index (Phi) is 5.04. The van der Waals surface area contributed by atoms with Gasteiger partial charge >= 0.3 is 0 Å². The van der Waals surface area contributed by atoms with E-state index in [4.69, 9.17) is 9.47 Å². The molecule has 4 heteroatoms. The first kappa shape index (κ1) is 15.9. The van der Waals surface area contributed by atoms with Gasteiger partial charge in [-0.2, -0.15) is 0 Å². The molecule has 2 rings (SSSR count). The van der Waals surface area contributed by atoms with Gasteiger partial charge in [0.1, 0.15) is 11.5 Å². The van der Waals surface area contributed by atoms with Crippen molar-refractivity contribution in [1.82, 2.24) is 5.32 Å². The summed E-state index contributed by atoms with van der Waals surface area (Å²) in [5, 5.41) is 2.98. The SMILES string of the molecule is COc1ccc(OC)c(C(C)NC(=O)c2ccc(C)cc2)c1. The molecule has 1 atom stereocenters. The fourth-order valence-corrected chi connectivity index (χ4v) is 2.24. The minimum Gasteiger partial charge on any atom is -0.497 e. The van der Waals surface area contributed by atoms with Gasteiger partial charge < -0.3 is 14.8 Å². The van der Waals surface area contributed by atoms with Crippen molar-refractivity contribution in [3.05, 3.63) is 59.2 Å². The summed E-state index contributed by atoms with van der Waals surface area (Å²) in [5.74, 6) is 1.34. The first-order valence-electron chi connectivity index (χ1n) is 7.14.